The summed E-state index contributed by atoms with van der Waals surface area (Å²) >= 11 is 0. The van der Waals surface area contributed by atoms with Crippen molar-refractivity contribution in [3.8, 4) is 6.07 Å². The van der Waals surface area contributed by atoms with Crippen LogP contribution >= 0.6 is 0 Å². The Labute approximate surface area is 80.6 Å². The average molecular weight is 178 g/mol. The van der Waals surface area contributed by atoms with Gasteiger partial charge in [-0.2, -0.15) is 5.26 Å². The smallest absolute Gasteiger partial charge is 0.0677 e. The number of nitrogens with zero attached hydrogens (tertiary/aromatic N) is 1. The van der Waals surface area contributed by atoms with Gasteiger partial charge in [0.1, 0.15) is 0 Å². The van der Waals surface area contributed by atoms with Gasteiger partial charge in [0.2, 0.25) is 0 Å². The Morgan fingerprint density at radius 2 is 2.08 bits per heavy atom. The molecule has 0 spiro atoms. The molecule has 2 atom stereocenters. The highest BCUT2D eigenvalue weighted by molar-refractivity contribution is 4.95. The molecule has 1 aliphatic carbocycles. The van der Waals surface area contributed by atoms with E-state index in [0.717, 1.165) is 12.8 Å². The van der Waals surface area contributed by atoms with E-state index in [0.29, 0.717) is 6.04 Å². The van der Waals surface area contributed by atoms with E-state index in [1.165, 1.54) is 19.3 Å². The molecule has 0 saturated heterocycles. The summed E-state index contributed by atoms with van der Waals surface area (Å²) in [6, 6.07) is 2.78. The number of hydrogen-bond acceptors (Lipinski definition) is 2. The lowest BCUT2D eigenvalue weighted by Crippen LogP contribution is -2.31. The second kappa shape index (κ2) is 5.64. The van der Waals surface area contributed by atoms with Crippen LogP contribution in [0, 0.1) is 17.2 Å². The van der Waals surface area contributed by atoms with Gasteiger partial charge in [0.05, 0.1) is 12.0 Å². The zero-order valence-corrected chi connectivity index (χ0v) is 8.29. The molecule has 1 aliphatic rings. The molecule has 1 fully saturated rings. The minimum Gasteiger partial charge on any atom is -0.387 e. The Morgan fingerprint density at radius 3 is 2.77 bits per heavy atom. The van der Waals surface area contributed by atoms with Crippen LogP contribution in [-0.2, 0) is 0 Å². The van der Waals surface area contributed by atoms with E-state index in [1.54, 1.807) is 0 Å². The largest absolute Gasteiger partial charge is 0.387 e. The van der Waals surface area contributed by atoms with Crippen LogP contribution < -0.4 is 5.32 Å². The van der Waals surface area contributed by atoms with Crippen molar-refractivity contribution in [1.29, 1.82) is 5.26 Å². The first kappa shape index (κ1) is 10.1. The summed E-state index contributed by atoms with van der Waals surface area (Å²) in [5.74, 6) is 0.207. The Morgan fingerprint density at radius 1 is 1.31 bits per heavy atom. The number of hydrogen-bond donors (Lipinski definition) is 1. The molecule has 0 aromatic carbocycles. The van der Waals surface area contributed by atoms with E-state index in [4.69, 9.17) is 5.26 Å². The minimum atomic E-state index is 0.207. The molecule has 72 valence electrons. The van der Waals surface area contributed by atoms with Crippen LogP contribution in [-0.4, -0.2) is 6.04 Å². The van der Waals surface area contributed by atoms with E-state index in [1.807, 2.05) is 19.2 Å². The van der Waals surface area contributed by atoms with Gasteiger partial charge in [-0.3, -0.25) is 0 Å². The van der Waals surface area contributed by atoms with Gasteiger partial charge in [-0.05, 0) is 26.0 Å². The molecule has 0 aromatic heterocycles. The van der Waals surface area contributed by atoms with Crippen molar-refractivity contribution in [1.82, 2.24) is 5.32 Å². The molecule has 1 rings (SSSR count). The molecular weight excluding hydrogens is 160 g/mol. The Kier molecular flexibility index (Phi) is 4.39. The summed E-state index contributed by atoms with van der Waals surface area (Å²) in [6.07, 6.45) is 9.90. The number of nitriles is 1. The lowest BCUT2D eigenvalue weighted by Gasteiger charge is -2.19. The summed E-state index contributed by atoms with van der Waals surface area (Å²) in [7, 11) is 0. The van der Waals surface area contributed by atoms with Crippen molar-refractivity contribution < 1.29 is 0 Å². The van der Waals surface area contributed by atoms with Crippen molar-refractivity contribution >= 4 is 0 Å². The van der Waals surface area contributed by atoms with Crippen molar-refractivity contribution in [3.63, 3.8) is 0 Å². The molecule has 0 heterocycles. The average Bonchev–Trinajstić information content (AvgIpc) is 2.39. The third-order valence-corrected chi connectivity index (χ3v) is 2.66. The Balaban J connectivity index is 2.50. The molecule has 0 radical (unpaired) electrons. The van der Waals surface area contributed by atoms with E-state index in [-0.39, 0.29) is 5.92 Å². The first-order valence-electron chi connectivity index (χ1n) is 5.15. The van der Waals surface area contributed by atoms with Crippen LogP contribution in [0.2, 0.25) is 0 Å². The lowest BCUT2D eigenvalue weighted by atomic mass is 9.96. The lowest BCUT2D eigenvalue weighted by molar-refractivity contribution is 0.435. The summed E-state index contributed by atoms with van der Waals surface area (Å²) < 4.78 is 0. The Hall–Kier alpha value is -0.970. The highest BCUT2D eigenvalue weighted by Gasteiger charge is 2.21. The molecule has 2 heteroatoms. The fourth-order valence-electron chi connectivity index (χ4n) is 1.88. The highest BCUT2D eigenvalue weighted by atomic mass is 14.9. The van der Waals surface area contributed by atoms with Crippen LogP contribution in [0.3, 0.4) is 0 Å². The van der Waals surface area contributed by atoms with Gasteiger partial charge < -0.3 is 5.32 Å². The summed E-state index contributed by atoms with van der Waals surface area (Å²) in [5.41, 5.74) is 0. The Bertz CT molecular complexity index is 203. The molecule has 1 saturated carbocycles. The first-order valence-corrected chi connectivity index (χ1v) is 5.15. The predicted molar refractivity (Wildman–Crippen MR) is 53.9 cm³/mol. The molecule has 0 aromatic rings. The van der Waals surface area contributed by atoms with Crippen molar-refractivity contribution in [3.05, 3.63) is 12.3 Å². The molecule has 2 nitrogen and oxygen atoms in total. The SMILES string of the molecule is C/C=C/NC1CCCCC[C@@H]1C#N. The van der Waals surface area contributed by atoms with E-state index >= 15 is 0 Å². The zero-order chi connectivity index (χ0) is 9.52. The van der Waals surface area contributed by atoms with Crippen molar-refractivity contribution in [2.45, 2.75) is 45.1 Å². The summed E-state index contributed by atoms with van der Waals surface area (Å²) in [5, 5.41) is 12.3. The fraction of sp³-hybridized carbons (Fsp3) is 0.727. The van der Waals surface area contributed by atoms with Crippen molar-refractivity contribution in [2.75, 3.05) is 0 Å². The van der Waals surface area contributed by atoms with Crippen molar-refractivity contribution in [2.24, 2.45) is 5.92 Å². The minimum absolute atomic E-state index is 0.207. The third-order valence-electron chi connectivity index (χ3n) is 2.66. The molecule has 0 aliphatic heterocycles. The highest BCUT2D eigenvalue weighted by Crippen LogP contribution is 2.22. The van der Waals surface area contributed by atoms with Gasteiger partial charge in [0.15, 0.2) is 0 Å². The molecule has 13 heavy (non-hydrogen) atoms. The standard InChI is InChI=1S/C11H18N2/c1-2-8-13-11-7-5-3-4-6-10(11)9-12/h2,8,10-11,13H,3-7H2,1H3/b8-2+/t10-,11?/m1/s1. The summed E-state index contributed by atoms with van der Waals surface area (Å²) in [4.78, 5) is 0. The number of nitrogens with one attached hydrogen (secondary N) is 1. The summed E-state index contributed by atoms with van der Waals surface area (Å²) in [6.45, 7) is 1.99. The first-order chi connectivity index (χ1) is 6.38. The fourth-order valence-corrected chi connectivity index (χ4v) is 1.88. The van der Waals surface area contributed by atoms with Gasteiger partial charge in [0, 0.05) is 6.04 Å². The van der Waals surface area contributed by atoms with Gasteiger partial charge in [0.25, 0.3) is 0 Å². The third kappa shape index (κ3) is 3.10. The maximum Gasteiger partial charge on any atom is 0.0677 e. The quantitative estimate of drug-likeness (QED) is 0.660. The van der Waals surface area contributed by atoms with Gasteiger partial charge >= 0.3 is 0 Å². The van der Waals surface area contributed by atoms with E-state index in [2.05, 4.69) is 11.4 Å². The number of rotatable bonds is 2. The maximum atomic E-state index is 8.97. The van der Waals surface area contributed by atoms with E-state index < -0.39 is 0 Å². The molecule has 0 bridgehead atoms. The second-order valence-corrected chi connectivity index (χ2v) is 3.65. The zero-order valence-electron chi connectivity index (χ0n) is 8.29. The van der Waals surface area contributed by atoms with E-state index in [9.17, 15) is 0 Å². The second-order valence-electron chi connectivity index (χ2n) is 3.65. The molecule has 1 N–H and O–H groups in total. The van der Waals surface area contributed by atoms with Gasteiger partial charge in [-0.15, -0.1) is 0 Å². The van der Waals surface area contributed by atoms with Crippen LogP contribution in [0.1, 0.15) is 39.0 Å². The van der Waals surface area contributed by atoms with Crippen LogP contribution in [0.4, 0.5) is 0 Å². The molecule has 0 amide bonds. The van der Waals surface area contributed by atoms with Crippen LogP contribution in [0.25, 0.3) is 0 Å². The van der Waals surface area contributed by atoms with Crippen LogP contribution in [0.5, 0.6) is 0 Å². The normalized spacial score (nSPS) is 29.5. The van der Waals surface area contributed by atoms with Crippen LogP contribution in [0.15, 0.2) is 12.3 Å². The molecule has 1 unspecified atom stereocenters. The monoisotopic (exact) mass is 178 g/mol. The van der Waals surface area contributed by atoms with Gasteiger partial charge in [-0.25, -0.2) is 0 Å². The predicted octanol–water partition coefficient (Wildman–Crippen LogP) is 2.58. The maximum absolute atomic E-state index is 8.97. The topological polar surface area (TPSA) is 35.8 Å². The molecular formula is C11H18N2. The van der Waals surface area contributed by atoms with Gasteiger partial charge in [-0.1, -0.05) is 25.3 Å². The number of allylic oxidation sites excluding steroid dienone is 1.